The molecule has 3 fully saturated rings. The van der Waals surface area contributed by atoms with Crippen LogP contribution in [-0.2, 0) is 24.6 Å². The number of allylic oxidation sites excluding steroid dienone is 3. The maximum Gasteiger partial charge on any atom is 0.246 e. The summed E-state index contributed by atoms with van der Waals surface area (Å²) >= 11 is 6.32. The molecular weight excluding hydrogens is 580 g/mol. The molecule has 222 valence electrons. The lowest BCUT2D eigenvalue weighted by Gasteiger charge is -2.49. The van der Waals surface area contributed by atoms with Crippen molar-refractivity contribution in [3.63, 3.8) is 0 Å². The van der Waals surface area contributed by atoms with Gasteiger partial charge in [0.25, 0.3) is 0 Å². The molecule has 44 heavy (non-hydrogen) atoms. The van der Waals surface area contributed by atoms with E-state index in [2.05, 4.69) is 5.32 Å². The van der Waals surface area contributed by atoms with Crippen molar-refractivity contribution < 1.29 is 29.0 Å². The number of carbonyl (C=O) groups excluding carboxylic acids is 4. The largest absolute Gasteiger partial charge is 0.504 e. The van der Waals surface area contributed by atoms with Gasteiger partial charge < -0.3 is 9.84 Å². The zero-order chi connectivity index (χ0) is 30.7. The molecule has 1 saturated carbocycles. The average Bonchev–Trinajstić information content (AvgIpc) is 3.45. The second-order valence-electron chi connectivity index (χ2n) is 11.8. The number of imide groups is 2. The SMILES string of the molecule is COc1cc(C=CC2C3=CCC4C(=O)NC(=O)C4C3CC3C(=O)N(c4cccc(Cl)c4)C(=O)C23c2ccccc2)ccc1O. The van der Waals surface area contributed by atoms with E-state index in [1.54, 1.807) is 36.4 Å². The smallest absolute Gasteiger partial charge is 0.246 e. The van der Waals surface area contributed by atoms with Crippen LogP contribution in [0.5, 0.6) is 11.5 Å². The van der Waals surface area contributed by atoms with Gasteiger partial charge in [-0.2, -0.15) is 0 Å². The summed E-state index contributed by atoms with van der Waals surface area (Å²) in [5.41, 5.74) is 1.33. The fraction of sp³-hybridized carbons (Fsp3) is 0.257. The third kappa shape index (κ3) is 4.04. The number of aromatic hydroxyl groups is 1. The molecule has 4 amide bonds. The average molecular weight is 609 g/mol. The Balaban J connectivity index is 1.46. The molecule has 2 aliphatic heterocycles. The summed E-state index contributed by atoms with van der Waals surface area (Å²) in [6, 6.07) is 21.0. The second-order valence-corrected chi connectivity index (χ2v) is 12.2. The topological polar surface area (TPSA) is 113 Å². The van der Waals surface area contributed by atoms with Crippen LogP contribution in [0.2, 0.25) is 5.02 Å². The Bertz CT molecular complexity index is 1780. The van der Waals surface area contributed by atoms with E-state index < -0.39 is 35.0 Å². The van der Waals surface area contributed by atoms with E-state index in [1.807, 2.05) is 48.6 Å². The number of halogens is 1. The van der Waals surface area contributed by atoms with Crippen molar-refractivity contribution in [3.05, 3.63) is 107 Å². The summed E-state index contributed by atoms with van der Waals surface area (Å²) in [6.07, 6.45) is 6.37. The first-order chi connectivity index (χ1) is 21.2. The van der Waals surface area contributed by atoms with Gasteiger partial charge in [0, 0.05) is 10.9 Å². The number of carbonyl (C=O) groups is 4. The molecule has 3 aromatic carbocycles. The van der Waals surface area contributed by atoms with Gasteiger partial charge in [-0.1, -0.05) is 77.9 Å². The molecular formula is C35H29ClN2O6. The van der Waals surface area contributed by atoms with Crippen LogP contribution >= 0.6 is 11.6 Å². The number of anilines is 1. The number of methoxy groups -OCH3 is 1. The van der Waals surface area contributed by atoms with Crippen molar-refractivity contribution in [2.24, 2.45) is 29.6 Å². The Morgan fingerprint density at radius 1 is 0.977 bits per heavy atom. The molecule has 6 unspecified atom stereocenters. The number of hydrogen-bond donors (Lipinski definition) is 2. The van der Waals surface area contributed by atoms with E-state index in [0.717, 1.165) is 5.57 Å². The molecule has 2 heterocycles. The number of benzene rings is 3. The van der Waals surface area contributed by atoms with Crippen LogP contribution in [0.15, 0.2) is 90.5 Å². The monoisotopic (exact) mass is 608 g/mol. The lowest BCUT2D eigenvalue weighted by molar-refractivity contribution is -0.128. The van der Waals surface area contributed by atoms with E-state index in [1.165, 1.54) is 18.1 Å². The van der Waals surface area contributed by atoms with Gasteiger partial charge in [-0.25, -0.2) is 4.90 Å². The Morgan fingerprint density at radius 3 is 2.52 bits per heavy atom. The fourth-order valence-electron chi connectivity index (χ4n) is 7.91. The fourth-order valence-corrected chi connectivity index (χ4v) is 8.09. The standard InChI is InChI=1S/C35H29ClN2O6/c1-44-29-16-19(11-15-28(29)39)10-14-26-23-12-13-24-30(32(41)37-31(24)40)25(23)18-27-33(42)38(22-9-5-8-21(36)17-22)34(43)35(26,27)20-6-3-2-4-7-20/h2-12,14-17,24-27,30,39H,13,18H2,1H3,(H,37,40,41). The molecule has 6 atom stereocenters. The highest BCUT2D eigenvalue weighted by molar-refractivity contribution is 6.32. The number of phenolic OH excluding ortho intramolecular Hbond substituents is 1. The van der Waals surface area contributed by atoms with Gasteiger partial charge in [0.05, 0.1) is 36.0 Å². The number of hydrogen-bond acceptors (Lipinski definition) is 6. The summed E-state index contributed by atoms with van der Waals surface area (Å²) in [4.78, 5) is 56.6. The van der Waals surface area contributed by atoms with Gasteiger partial charge in [-0.3, -0.25) is 24.5 Å². The van der Waals surface area contributed by atoms with Crippen LogP contribution in [0.3, 0.4) is 0 Å². The van der Waals surface area contributed by atoms with Crippen molar-refractivity contribution in [2.45, 2.75) is 18.3 Å². The molecule has 2 N–H and O–H groups in total. The van der Waals surface area contributed by atoms with Crippen LogP contribution < -0.4 is 15.0 Å². The number of rotatable bonds is 5. The molecule has 4 aliphatic rings. The number of amides is 4. The zero-order valence-electron chi connectivity index (χ0n) is 23.8. The first-order valence-electron chi connectivity index (χ1n) is 14.5. The Hall–Kier alpha value is -4.69. The van der Waals surface area contributed by atoms with Crippen molar-refractivity contribution >= 4 is 47.0 Å². The summed E-state index contributed by atoms with van der Waals surface area (Å²) in [6.45, 7) is 0. The van der Waals surface area contributed by atoms with Crippen LogP contribution in [-0.4, -0.2) is 35.8 Å². The summed E-state index contributed by atoms with van der Waals surface area (Å²) in [5, 5.41) is 13.0. The van der Waals surface area contributed by atoms with Crippen LogP contribution in [0.4, 0.5) is 5.69 Å². The third-order valence-electron chi connectivity index (χ3n) is 9.76. The minimum absolute atomic E-state index is 0.00475. The Kier molecular flexibility index (Phi) is 6.70. The van der Waals surface area contributed by atoms with E-state index >= 15 is 0 Å². The molecule has 0 bridgehead atoms. The van der Waals surface area contributed by atoms with Crippen molar-refractivity contribution in [2.75, 3.05) is 12.0 Å². The van der Waals surface area contributed by atoms with Gasteiger partial charge in [0.15, 0.2) is 11.5 Å². The molecule has 3 aromatic rings. The molecule has 0 aromatic heterocycles. The molecule has 0 spiro atoms. The Morgan fingerprint density at radius 2 is 1.77 bits per heavy atom. The molecule has 2 aliphatic carbocycles. The van der Waals surface area contributed by atoms with Gasteiger partial charge in [0.1, 0.15) is 0 Å². The van der Waals surface area contributed by atoms with Crippen molar-refractivity contribution in [1.29, 1.82) is 0 Å². The number of phenols is 1. The third-order valence-corrected chi connectivity index (χ3v) is 9.99. The number of nitrogens with zero attached hydrogens (tertiary/aromatic N) is 1. The highest BCUT2D eigenvalue weighted by Crippen LogP contribution is 2.61. The summed E-state index contributed by atoms with van der Waals surface area (Å²) < 4.78 is 5.31. The molecule has 0 radical (unpaired) electrons. The maximum absolute atomic E-state index is 15.0. The van der Waals surface area contributed by atoms with Crippen LogP contribution in [0, 0.1) is 29.6 Å². The van der Waals surface area contributed by atoms with E-state index in [0.29, 0.717) is 34.0 Å². The lowest BCUT2D eigenvalue weighted by Crippen LogP contribution is -2.54. The molecule has 2 saturated heterocycles. The normalized spacial score (nSPS) is 29.3. The number of fused-ring (bicyclic) bond motifs is 4. The minimum Gasteiger partial charge on any atom is -0.504 e. The lowest BCUT2D eigenvalue weighted by atomic mass is 9.50. The van der Waals surface area contributed by atoms with Gasteiger partial charge in [-0.15, -0.1) is 0 Å². The van der Waals surface area contributed by atoms with E-state index in [-0.39, 0.29) is 35.8 Å². The van der Waals surface area contributed by atoms with E-state index in [9.17, 15) is 24.3 Å². The van der Waals surface area contributed by atoms with E-state index in [4.69, 9.17) is 16.3 Å². The second kappa shape index (κ2) is 10.5. The predicted molar refractivity (Wildman–Crippen MR) is 164 cm³/mol. The first kappa shape index (κ1) is 28.1. The highest BCUT2D eigenvalue weighted by atomic mass is 35.5. The van der Waals surface area contributed by atoms with Crippen molar-refractivity contribution in [1.82, 2.24) is 5.32 Å². The highest BCUT2D eigenvalue weighted by Gasteiger charge is 2.69. The maximum atomic E-state index is 15.0. The summed E-state index contributed by atoms with van der Waals surface area (Å²) in [7, 11) is 1.47. The molecule has 7 rings (SSSR count). The van der Waals surface area contributed by atoms with Crippen LogP contribution in [0.1, 0.15) is 24.0 Å². The quantitative estimate of drug-likeness (QED) is 0.310. The zero-order valence-corrected chi connectivity index (χ0v) is 24.5. The molecule has 9 heteroatoms. The van der Waals surface area contributed by atoms with Crippen molar-refractivity contribution in [3.8, 4) is 11.5 Å². The Labute approximate surface area is 259 Å². The van der Waals surface area contributed by atoms with Gasteiger partial charge >= 0.3 is 0 Å². The summed E-state index contributed by atoms with van der Waals surface area (Å²) in [5.74, 6) is -4.06. The van der Waals surface area contributed by atoms with Crippen LogP contribution in [0.25, 0.3) is 6.08 Å². The van der Waals surface area contributed by atoms with Gasteiger partial charge in [-0.05, 0) is 60.2 Å². The van der Waals surface area contributed by atoms with Gasteiger partial charge in [0.2, 0.25) is 23.6 Å². The molecule has 8 nitrogen and oxygen atoms in total. The predicted octanol–water partition coefficient (Wildman–Crippen LogP) is 5.05. The number of ether oxygens (including phenoxy) is 1. The number of nitrogens with one attached hydrogen (secondary N) is 1. The minimum atomic E-state index is -1.33. The first-order valence-corrected chi connectivity index (χ1v) is 14.9.